The topological polar surface area (TPSA) is 98.6 Å². The highest BCUT2D eigenvalue weighted by Crippen LogP contribution is 2.25. The van der Waals surface area contributed by atoms with Gasteiger partial charge in [-0.15, -0.1) is 5.92 Å². The SMILES string of the molecule is CC#Cc1ccc2cc(C(C)CCC)ccc2c1.NC(=O)OCc1ccccc1Cl.NO. The molecule has 0 bridgehead atoms. The lowest BCUT2D eigenvalue weighted by Gasteiger charge is -2.11. The highest BCUT2D eigenvalue weighted by molar-refractivity contribution is 6.31. The van der Waals surface area contributed by atoms with Crippen molar-refractivity contribution in [3.8, 4) is 11.8 Å². The highest BCUT2D eigenvalue weighted by Gasteiger charge is 2.05. The smallest absolute Gasteiger partial charge is 0.404 e. The van der Waals surface area contributed by atoms with Gasteiger partial charge in [-0.05, 0) is 53.8 Å². The van der Waals surface area contributed by atoms with Gasteiger partial charge in [0.15, 0.2) is 0 Å². The van der Waals surface area contributed by atoms with Crippen LogP contribution in [-0.4, -0.2) is 11.3 Å². The molecular weight excluding hydrogens is 424 g/mol. The number of primary amides is 1. The van der Waals surface area contributed by atoms with Gasteiger partial charge in [0.25, 0.3) is 0 Å². The lowest BCUT2D eigenvalue weighted by molar-refractivity contribution is 0.150. The molecule has 6 heteroatoms. The summed E-state index contributed by atoms with van der Waals surface area (Å²) in [5.41, 5.74) is 8.07. The normalized spacial score (nSPS) is 10.4. The molecule has 170 valence electrons. The van der Waals surface area contributed by atoms with Gasteiger partial charge in [-0.2, -0.15) is 0 Å². The number of nitrogens with two attached hydrogens (primary N) is 2. The van der Waals surface area contributed by atoms with E-state index in [0.29, 0.717) is 10.9 Å². The Bertz CT molecular complexity index is 1060. The molecule has 0 radical (unpaired) electrons. The van der Waals surface area contributed by atoms with E-state index in [4.69, 9.17) is 22.5 Å². The molecule has 0 fully saturated rings. The van der Waals surface area contributed by atoms with Crippen LogP contribution < -0.4 is 11.6 Å². The van der Waals surface area contributed by atoms with Crippen LogP contribution in [-0.2, 0) is 11.3 Å². The molecule has 32 heavy (non-hydrogen) atoms. The number of carbonyl (C=O) groups is 1. The van der Waals surface area contributed by atoms with E-state index >= 15 is 0 Å². The molecule has 3 aromatic carbocycles. The molecule has 3 rings (SSSR count). The lowest BCUT2D eigenvalue weighted by Crippen LogP contribution is -2.12. The Kier molecular flexibility index (Phi) is 12.5. The number of carbonyl (C=O) groups excluding carboxylic acids is 1. The van der Waals surface area contributed by atoms with Crippen molar-refractivity contribution in [3.05, 3.63) is 82.4 Å². The standard InChI is InChI=1S/C18H20.C8H8ClNO2.H3NO/c1-4-6-14(3)16-10-11-17-12-15(7-5-2)8-9-18(17)13-16;9-7-4-2-1-3-6(7)5-12-8(10)11;1-2/h8-14H,4,6H2,1-3H3;1-4H,5H2,(H2,10,11);2H,1H2. The Morgan fingerprint density at radius 2 is 1.75 bits per heavy atom. The third-order valence-electron chi connectivity index (χ3n) is 4.75. The number of benzene rings is 3. The Hall–Kier alpha value is -3.04. The molecule has 1 atom stereocenters. The number of hydrogen-bond acceptors (Lipinski definition) is 4. The van der Waals surface area contributed by atoms with Gasteiger partial charge in [-0.1, -0.05) is 80.3 Å². The molecule has 0 aliphatic rings. The van der Waals surface area contributed by atoms with Crippen molar-refractivity contribution >= 4 is 28.5 Å². The number of rotatable bonds is 5. The van der Waals surface area contributed by atoms with Crippen LogP contribution in [0.1, 0.15) is 56.2 Å². The van der Waals surface area contributed by atoms with Crippen LogP contribution in [0.25, 0.3) is 10.8 Å². The molecule has 0 saturated carbocycles. The summed E-state index contributed by atoms with van der Waals surface area (Å²) in [6.07, 6.45) is 1.70. The molecule has 0 aromatic heterocycles. The van der Waals surface area contributed by atoms with Gasteiger partial charge < -0.3 is 15.7 Å². The molecule has 0 aliphatic heterocycles. The summed E-state index contributed by atoms with van der Waals surface area (Å²) >= 11 is 5.78. The Morgan fingerprint density at radius 3 is 2.38 bits per heavy atom. The van der Waals surface area contributed by atoms with E-state index in [0.717, 1.165) is 11.1 Å². The first-order valence-corrected chi connectivity index (χ1v) is 10.7. The molecule has 5 nitrogen and oxygen atoms in total. The molecule has 0 aliphatic carbocycles. The summed E-state index contributed by atoms with van der Waals surface area (Å²) in [4.78, 5) is 10.2. The van der Waals surface area contributed by atoms with E-state index in [1.54, 1.807) is 18.2 Å². The fourth-order valence-corrected chi connectivity index (χ4v) is 3.35. The zero-order valence-electron chi connectivity index (χ0n) is 18.8. The molecule has 5 N–H and O–H groups in total. The average Bonchev–Trinajstić information content (AvgIpc) is 2.80. The van der Waals surface area contributed by atoms with Crippen LogP contribution in [0, 0.1) is 11.8 Å². The summed E-state index contributed by atoms with van der Waals surface area (Å²) in [6, 6.07) is 20.3. The van der Waals surface area contributed by atoms with E-state index in [9.17, 15) is 4.79 Å². The first kappa shape index (κ1) is 27.0. The summed E-state index contributed by atoms with van der Waals surface area (Å²) in [7, 11) is 0. The fourth-order valence-electron chi connectivity index (χ4n) is 3.16. The minimum Gasteiger partial charge on any atom is -0.445 e. The third-order valence-corrected chi connectivity index (χ3v) is 5.12. The minimum absolute atomic E-state index is 0.120. The zero-order chi connectivity index (χ0) is 23.9. The van der Waals surface area contributed by atoms with Crippen molar-refractivity contribution < 1.29 is 14.7 Å². The second-order valence-electron chi connectivity index (χ2n) is 7.09. The van der Waals surface area contributed by atoms with E-state index in [2.05, 4.69) is 72.7 Å². The maximum absolute atomic E-state index is 10.2. The van der Waals surface area contributed by atoms with Crippen LogP contribution in [0.2, 0.25) is 5.02 Å². The second-order valence-corrected chi connectivity index (χ2v) is 7.49. The molecule has 0 heterocycles. The van der Waals surface area contributed by atoms with Crippen molar-refractivity contribution in [1.29, 1.82) is 0 Å². The fraction of sp³-hybridized carbons (Fsp3) is 0.269. The molecular formula is C26H31ClN2O3. The molecule has 0 spiro atoms. The quantitative estimate of drug-likeness (QED) is 0.307. The second kappa shape index (κ2) is 14.9. The maximum atomic E-state index is 10.2. The molecule has 1 amide bonds. The van der Waals surface area contributed by atoms with Crippen molar-refractivity contribution in [2.24, 2.45) is 11.6 Å². The van der Waals surface area contributed by atoms with Crippen LogP contribution >= 0.6 is 11.6 Å². The van der Waals surface area contributed by atoms with Crippen LogP contribution in [0.4, 0.5) is 4.79 Å². The van der Waals surface area contributed by atoms with Crippen molar-refractivity contribution in [2.45, 2.75) is 46.1 Å². The van der Waals surface area contributed by atoms with Crippen molar-refractivity contribution in [3.63, 3.8) is 0 Å². The molecule has 3 aromatic rings. The van der Waals surface area contributed by atoms with Gasteiger partial charge in [-0.3, -0.25) is 0 Å². The summed E-state index contributed by atoms with van der Waals surface area (Å²) in [5, 5.41) is 9.67. The summed E-state index contributed by atoms with van der Waals surface area (Å²) in [6.45, 7) is 6.55. The minimum atomic E-state index is -0.796. The van der Waals surface area contributed by atoms with Gasteiger partial charge in [0.1, 0.15) is 6.61 Å². The first-order valence-electron chi connectivity index (χ1n) is 10.3. The van der Waals surface area contributed by atoms with E-state index in [1.807, 2.05) is 13.0 Å². The molecule has 0 saturated heterocycles. The largest absolute Gasteiger partial charge is 0.445 e. The number of hydrogen-bond donors (Lipinski definition) is 3. The Labute approximate surface area is 195 Å². The maximum Gasteiger partial charge on any atom is 0.404 e. The number of fused-ring (bicyclic) bond motifs is 1. The number of ether oxygens (including phenoxy) is 1. The van der Waals surface area contributed by atoms with Crippen LogP contribution in [0.3, 0.4) is 0 Å². The van der Waals surface area contributed by atoms with Crippen molar-refractivity contribution in [1.82, 2.24) is 0 Å². The zero-order valence-corrected chi connectivity index (χ0v) is 19.5. The number of halogens is 1. The van der Waals surface area contributed by atoms with Crippen LogP contribution in [0.5, 0.6) is 0 Å². The predicted molar refractivity (Wildman–Crippen MR) is 132 cm³/mol. The average molecular weight is 455 g/mol. The van der Waals surface area contributed by atoms with E-state index in [1.165, 1.54) is 29.2 Å². The van der Waals surface area contributed by atoms with Gasteiger partial charge in [0.05, 0.1) is 0 Å². The third kappa shape index (κ3) is 8.99. The van der Waals surface area contributed by atoms with Gasteiger partial charge in [0.2, 0.25) is 0 Å². The van der Waals surface area contributed by atoms with E-state index in [-0.39, 0.29) is 6.61 Å². The molecule has 1 unspecified atom stereocenters. The van der Waals surface area contributed by atoms with Gasteiger partial charge in [-0.25, -0.2) is 10.7 Å². The van der Waals surface area contributed by atoms with Crippen molar-refractivity contribution in [2.75, 3.05) is 0 Å². The number of amides is 1. The summed E-state index contributed by atoms with van der Waals surface area (Å²) in [5.74, 6) is 10.2. The Balaban J connectivity index is 0.000000318. The monoisotopic (exact) mass is 454 g/mol. The van der Waals surface area contributed by atoms with Crippen LogP contribution in [0.15, 0.2) is 60.7 Å². The lowest BCUT2D eigenvalue weighted by atomic mass is 9.94. The van der Waals surface area contributed by atoms with E-state index < -0.39 is 6.09 Å². The first-order chi connectivity index (χ1) is 15.4. The highest BCUT2D eigenvalue weighted by atomic mass is 35.5. The van der Waals surface area contributed by atoms with Gasteiger partial charge >= 0.3 is 6.09 Å². The predicted octanol–water partition coefficient (Wildman–Crippen LogP) is 6.38. The summed E-state index contributed by atoms with van der Waals surface area (Å²) < 4.78 is 4.56. The Morgan fingerprint density at radius 1 is 1.09 bits per heavy atom. The van der Waals surface area contributed by atoms with Gasteiger partial charge in [0, 0.05) is 16.1 Å².